The van der Waals surface area contributed by atoms with E-state index in [0.29, 0.717) is 0 Å². The molecule has 94 valence electrons. The fraction of sp³-hybridized carbons (Fsp3) is 0.538. The van der Waals surface area contributed by atoms with Gasteiger partial charge in [-0.2, -0.15) is 0 Å². The van der Waals surface area contributed by atoms with Crippen LogP contribution in [-0.2, 0) is 4.74 Å². The summed E-state index contributed by atoms with van der Waals surface area (Å²) in [6, 6.07) is 7.85. The molecular formula is C13H20N2O2. The van der Waals surface area contributed by atoms with Gasteiger partial charge in [0.15, 0.2) is 0 Å². The largest absolute Gasteiger partial charge is 0.496 e. The average Bonchev–Trinajstić information content (AvgIpc) is 2.78. The Bertz CT molecular complexity index is 375. The monoisotopic (exact) mass is 236 g/mol. The van der Waals surface area contributed by atoms with E-state index in [2.05, 4.69) is 12.3 Å². The Morgan fingerprint density at radius 3 is 2.82 bits per heavy atom. The number of hydrogen-bond acceptors (Lipinski definition) is 4. The summed E-state index contributed by atoms with van der Waals surface area (Å²) in [6.07, 6.45) is 2.07. The smallest absolute Gasteiger partial charge is 0.123 e. The molecule has 0 aliphatic carbocycles. The second-order valence-electron chi connectivity index (χ2n) is 4.61. The summed E-state index contributed by atoms with van der Waals surface area (Å²) in [5, 5.41) is 0. The van der Waals surface area contributed by atoms with Crippen LogP contribution in [-0.4, -0.2) is 19.3 Å². The van der Waals surface area contributed by atoms with Crippen LogP contribution in [0, 0.1) is 0 Å². The van der Waals surface area contributed by atoms with Gasteiger partial charge in [-0.05, 0) is 25.8 Å². The Kier molecular flexibility index (Phi) is 3.66. The minimum Gasteiger partial charge on any atom is -0.496 e. The first kappa shape index (κ1) is 12.4. The summed E-state index contributed by atoms with van der Waals surface area (Å²) in [5.74, 6) is 6.55. The molecule has 1 saturated heterocycles. The van der Waals surface area contributed by atoms with Crippen molar-refractivity contribution in [1.29, 1.82) is 0 Å². The second-order valence-corrected chi connectivity index (χ2v) is 4.61. The number of nitrogens with one attached hydrogen (secondary N) is 1. The molecular weight excluding hydrogens is 216 g/mol. The Balaban J connectivity index is 2.34. The van der Waals surface area contributed by atoms with E-state index in [4.69, 9.17) is 15.3 Å². The number of hydrogen-bond donors (Lipinski definition) is 2. The molecule has 4 nitrogen and oxygen atoms in total. The zero-order valence-corrected chi connectivity index (χ0v) is 10.4. The zero-order chi connectivity index (χ0) is 12.3. The molecule has 1 heterocycles. The van der Waals surface area contributed by atoms with Gasteiger partial charge in [-0.1, -0.05) is 18.2 Å². The molecule has 1 aromatic rings. The van der Waals surface area contributed by atoms with E-state index in [1.165, 1.54) is 0 Å². The molecule has 3 N–H and O–H groups in total. The van der Waals surface area contributed by atoms with Crippen LogP contribution < -0.4 is 16.0 Å². The van der Waals surface area contributed by atoms with Crippen molar-refractivity contribution >= 4 is 0 Å². The molecule has 1 aromatic carbocycles. The third kappa shape index (κ3) is 2.29. The maximum atomic E-state index is 5.85. The van der Waals surface area contributed by atoms with E-state index < -0.39 is 0 Å². The van der Waals surface area contributed by atoms with Gasteiger partial charge < -0.3 is 9.47 Å². The van der Waals surface area contributed by atoms with Gasteiger partial charge in [-0.3, -0.25) is 5.84 Å². The quantitative estimate of drug-likeness (QED) is 0.618. The third-order valence-corrected chi connectivity index (χ3v) is 3.48. The van der Waals surface area contributed by atoms with Crippen molar-refractivity contribution in [3.63, 3.8) is 0 Å². The van der Waals surface area contributed by atoms with Gasteiger partial charge in [0.2, 0.25) is 0 Å². The van der Waals surface area contributed by atoms with Crippen LogP contribution in [0.2, 0.25) is 0 Å². The number of ether oxygens (including phenoxy) is 2. The third-order valence-electron chi connectivity index (χ3n) is 3.48. The predicted octanol–water partition coefficient (Wildman–Crippen LogP) is 1.77. The van der Waals surface area contributed by atoms with E-state index in [-0.39, 0.29) is 11.6 Å². The lowest BCUT2D eigenvalue weighted by atomic mass is 9.88. The Morgan fingerprint density at radius 1 is 1.47 bits per heavy atom. The maximum absolute atomic E-state index is 5.85. The molecule has 4 heteroatoms. The number of methoxy groups -OCH3 is 1. The highest BCUT2D eigenvalue weighted by Crippen LogP contribution is 2.39. The highest BCUT2D eigenvalue weighted by atomic mass is 16.5. The minimum absolute atomic E-state index is 0.0545. The number of rotatable bonds is 4. The number of benzene rings is 1. The molecule has 17 heavy (non-hydrogen) atoms. The molecule has 2 atom stereocenters. The molecule has 0 amide bonds. The van der Waals surface area contributed by atoms with Crippen LogP contribution in [0.4, 0.5) is 0 Å². The van der Waals surface area contributed by atoms with Crippen LogP contribution in [0.3, 0.4) is 0 Å². The Hall–Kier alpha value is -1.10. The SMILES string of the molecule is COc1ccccc1C(NN)C1(C)CCCO1. The molecule has 0 spiro atoms. The van der Waals surface area contributed by atoms with Crippen LogP contribution in [0.1, 0.15) is 31.4 Å². The zero-order valence-electron chi connectivity index (χ0n) is 10.4. The normalized spacial score (nSPS) is 25.8. The van der Waals surface area contributed by atoms with Crippen molar-refractivity contribution in [3.8, 4) is 5.75 Å². The van der Waals surface area contributed by atoms with Crippen LogP contribution >= 0.6 is 0 Å². The summed E-state index contributed by atoms with van der Waals surface area (Å²) < 4.78 is 11.2. The van der Waals surface area contributed by atoms with Crippen LogP contribution in [0.5, 0.6) is 5.75 Å². The first-order chi connectivity index (χ1) is 8.21. The molecule has 0 bridgehead atoms. The minimum atomic E-state index is -0.261. The summed E-state index contributed by atoms with van der Waals surface area (Å²) in [4.78, 5) is 0. The summed E-state index contributed by atoms with van der Waals surface area (Å²) >= 11 is 0. The van der Waals surface area contributed by atoms with E-state index in [0.717, 1.165) is 30.8 Å². The van der Waals surface area contributed by atoms with E-state index >= 15 is 0 Å². The van der Waals surface area contributed by atoms with Gasteiger partial charge in [0.05, 0.1) is 18.8 Å². The maximum Gasteiger partial charge on any atom is 0.123 e. The van der Waals surface area contributed by atoms with E-state index in [1.54, 1.807) is 7.11 Å². The van der Waals surface area contributed by atoms with Gasteiger partial charge in [0, 0.05) is 12.2 Å². The van der Waals surface area contributed by atoms with Crippen LogP contribution in [0.25, 0.3) is 0 Å². The van der Waals surface area contributed by atoms with Gasteiger partial charge in [-0.25, -0.2) is 5.43 Å². The Labute approximate surface area is 102 Å². The lowest BCUT2D eigenvalue weighted by molar-refractivity contribution is -0.0131. The van der Waals surface area contributed by atoms with Crippen molar-refractivity contribution in [2.24, 2.45) is 5.84 Å². The molecule has 0 aromatic heterocycles. The van der Waals surface area contributed by atoms with E-state index in [1.807, 2.05) is 24.3 Å². The fourth-order valence-corrected chi connectivity index (χ4v) is 2.53. The van der Waals surface area contributed by atoms with Gasteiger partial charge in [0.25, 0.3) is 0 Å². The molecule has 0 saturated carbocycles. The topological polar surface area (TPSA) is 56.5 Å². The summed E-state index contributed by atoms with van der Waals surface area (Å²) in [6.45, 7) is 2.89. The van der Waals surface area contributed by atoms with Crippen molar-refractivity contribution in [2.75, 3.05) is 13.7 Å². The standard InChI is InChI=1S/C13H20N2O2/c1-13(8-5-9-17-13)12(15-14)10-6-3-4-7-11(10)16-2/h3-4,6-7,12,15H,5,8-9,14H2,1-2H3. The van der Waals surface area contributed by atoms with Gasteiger partial charge >= 0.3 is 0 Å². The molecule has 0 radical (unpaired) electrons. The van der Waals surface area contributed by atoms with Crippen LogP contribution in [0.15, 0.2) is 24.3 Å². The molecule has 2 unspecified atom stereocenters. The highest BCUT2D eigenvalue weighted by Gasteiger charge is 2.39. The summed E-state index contributed by atoms with van der Waals surface area (Å²) in [5.41, 5.74) is 3.65. The van der Waals surface area contributed by atoms with Crippen molar-refractivity contribution in [2.45, 2.75) is 31.4 Å². The fourth-order valence-electron chi connectivity index (χ4n) is 2.53. The second kappa shape index (κ2) is 5.04. The van der Waals surface area contributed by atoms with Crippen molar-refractivity contribution < 1.29 is 9.47 Å². The lowest BCUT2D eigenvalue weighted by Gasteiger charge is -2.33. The van der Waals surface area contributed by atoms with Gasteiger partial charge in [-0.15, -0.1) is 0 Å². The lowest BCUT2D eigenvalue weighted by Crippen LogP contribution is -2.44. The number of nitrogens with two attached hydrogens (primary N) is 1. The van der Waals surface area contributed by atoms with Crippen molar-refractivity contribution in [1.82, 2.24) is 5.43 Å². The highest BCUT2D eigenvalue weighted by molar-refractivity contribution is 5.37. The van der Waals surface area contributed by atoms with Gasteiger partial charge in [0.1, 0.15) is 5.75 Å². The van der Waals surface area contributed by atoms with Crippen molar-refractivity contribution in [3.05, 3.63) is 29.8 Å². The average molecular weight is 236 g/mol. The number of hydrazine groups is 1. The molecule has 1 aliphatic rings. The molecule has 2 rings (SSSR count). The summed E-state index contributed by atoms with van der Waals surface area (Å²) in [7, 11) is 1.67. The predicted molar refractivity (Wildman–Crippen MR) is 66.6 cm³/mol. The van der Waals surface area contributed by atoms with E-state index in [9.17, 15) is 0 Å². The Morgan fingerprint density at radius 2 is 2.24 bits per heavy atom. The molecule has 1 aliphatic heterocycles. The molecule has 1 fully saturated rings. The first-order valence-electron chi connectivity index (χ1n) is 5.94. The number of para-hydroxylation sites is 1. The first-order valence-corrected chi connectivity index (χ1v) is 5.94.